The zero-order valence-electron chi connectivity index (χ0n) is 9.37. The van der Waals surface area contributed by atoms with E-state index in [1.54, 1.807) is 12.1 Å². The summed E-state index contributed by atoms with van der Waals surface area (Å²) in [5, 5.41) is 0. The summed E-state index contributed by atoms with van der Waals surface area (Å²) in [5.41, 5.74) is 5.63. The first kappa shape index (κ1) is 12.5. The molecule has 0 heterocycles. The lowest BCUT2D eigenvalue weighted by atomic mass is 9.90. The molecule has 0 amide bonds. The molecule has 0 aliphatic heterocycles. The molecular formula is C12H13BrFNO2. The van der Waals surface area contributed by atoms with Gasteiger partial charge in [-0.15, -0.1) is 0 Å². The molecular weight excluding hydrogens is 289 g/mol. The Morgan fingerprint density at radius 1 is 1.59 bits per heavy atom. The van der Waals surface area contributed by atoms with Crippen LogP contribution in [0, 0.1) is 11.2 Å². The lowest BCUT2D eigenvalue weighted by molar-refractivity contribution is -0.148. The van der Waals surface area contributed by atoms with Crippen LogP contribution >= 0.6 is 15.9 Å². The first-order chi connectivity index (χ1) is 8.01. The van der Waals surface area contributed by atoms with Gasteiger partial charge in [0.25, 0.3) is 0 Å². The molecule has 0 radical (unpaired) electrons. The fraction of sp³-hybridized carbons (Fsp3) is 0.417. The summed E-state index contributed by atoms with van der Waals surface area (Å²) in [6, 6.07) is 3.89. The third-order valence-electron chi connectivity index (χ3n) is 3.27. The summed E-state index contributed by atoms with van der Waals surface area (Å²) in [7, 11) is 1.33. The Kier molecular flexibility index (Phi) is 3.23. The Balaban J connectivity index is 2.34. The van der Waals surface area contributed by atoms with Crippen molar-refractivity contribution in [3.05, 3.63) is 34.1 Å². The molecule has 0 saturated heterocycles. The molecule has 1 saturated carbocycles. The number of carbonyl (C=O) groups excluding carboxylic acids is 1. The summed E-state index contributed by atoms with van der Waals surface area (Å²) in [5.74, 6) is -0.750. The Bertz CT molecular complexity index is 460. The highest BCUT2D eigenvalue weighted by Gasteiger charge is 2.56. The van der Waals surface area contributed by atoms with Gasteiger partial charge >= 0.3 is 5.97 Å². The lowest BCUT2D eigenvalue weighted by Crippen LogP contribution is -2.31. The molecule has 92 valence electrons. The maximum atomic E-state index is 13.7. The predicted molar refractivity (Wildman–Crippen MR) is 64.7 cm³/mol. The average molecular weight is 302 g/mol. The van der Waals surface area contributed by atoms with Crippen LogP contribution in [-0.4, -0.2) is 13.1 Å². The van der Waals surface area contributed by atoms with Crippen molar-refractivity contribution >= 4 is 21.9 Å². The molecule has 0 bridgehead atoms. The highest BCUT2D eigenvalue weighted by Crippen LogP contribution is 2.55. The van der Waals surface area contributed by atoms with E-state index in [-0.39, 0.29) is 5.97 Å². The van der Waals surface area contributed by atoms with Gasteiger partial charge < -0.3 is 10.5 Å². The number of hydrogen-bond donors (Lipinski definition) is 1. The zero-order valence-corrected chi connectivity index (χ0v) is 11.0. The number of methoxy groups -OCH3 is 1. The SMILES string of the molecule is COC(=O)C1(C(N)c2cc(Br)ccc2F)CC1. The Morgan fingerprint density at radius 3 is 2.76 bits per heavy atom. The normalized spacial score (nSPS) is 18.6. The van der Waals surface area contributed by atoms with Gasteiger partial charge in [0.15, 0.2) is 0 Å². The van der Waals surface area contributed by atoms with Crippen molar-refractivity contribution in [1.29, 1.82) is 0 Å². The van der Waals surface area contributed by atoms with E-state index in [9.17, 15) is 9.18 Å². The highest BCUT2D eigenvalue weighted by molar-refractivity contribution is 9.10. The number of nitrogens with two attached hydrogens (primary N) is 1. The van der Waals surface area contributed by atoms with Crippen molar-refractivity contribution in [3.63, 3.8) is 0 Å². The second-order valence-corrected chi connectivity index (χ2v) is 5.21. The Labute approximate surface area is 107 Å². The summed E-state index contributed by atoms with van der Waals surface area (Å²) in [4.78, 5) is 11.7. The van der Waals surface area contributed by atoms with Crippen LogP contribution in [0.3, 0.4) is 0 Å². The second-order valence-electron chi connectivity index (χ2n) is 4.29. The van der Waals surface area contributed by atoms with Gasteiger partial charge in [-0.05, 0) is 31.0 Å². The number of benzene rings is 1. The van der Waals surface area contributed by atoms with E-state index in [2.05, 4.69) is 15.9 Å². The smallest absolute Gasteiger partial charge is 0.313 e. The standard InChI is InChI=1S/C12H13BrFNO2/c1-17-11(16)12(4-5-12)10(15)8-6-7(13)2-3-9(8)14/h2-3,6,10H,4-5,15H2,1H3. The third-order valence-corrected chi connectivity index (χ3v) is 3.76. The first-order valence-electron chi connectivity index (χ1n) is 5.30. The largest absolute Gasteiger partial charge is 0.469 e. The molecule has 1 aliphatic rings. The maximum Gasteiger partial charge on any atom is 0.313 e. The summed E-state index contributed by atoms with van der Waals surface area (Å²) in [6.07, 6.45) is 1.29. The summed E-state index contributed by atoms with van der Waals surface area (Å²) >= 11 is 3.27. The predicted octanol–water partition coefficient (Wildman–Crippen LogP) is 2.54. The van der Waals surface area contributed by atoms with Gasteiger partial charge in [0.1, 0.15) is 5.82 Å². The van der Waals surface area contributed by atoms with Crippen molar-refractivity contribution in [3.8, 4) is 0 Å². The van der Waals surface area contributed by atoms with Gasteiger partial charge in [-0.1, -0.05) is 15.9 Å². The minimum atomic E-state index is -0.740. The fourth-order valence-corrected chi connectivity index (χ4v) is 2.41. The second kappa shape index (κ2) is 4.38. The Morgan fingerprint density at radius 2 is 2.24 bits per heavy atom. The molecule has 0 aromatic heterocycles. The molecule has 0 spiro atoms. The topological polar surface area (TPSA) is 52.3 Å². The maximum absolute atomic E-state index is 13.7. The highest BCUT2D eigenvalue weighted by atomic mass is 79.9. The minimum absolute atomic E-state index is 0.349. The van der Waals surface area contributed by atoms with Crippen molar-refractivity contribution in [2.75, 3.05) is 7.11 Å². The quantitative estimate of drug-likeness (QED) is 0.873. The molecule has 1 atom stereocenters. The van der Waals surface area contributed by atoms with Crippen LogP contribution in [0.4, 0.5) is 4.39 Å². The van der Waals surface area contributed by atoms with Crippen LogP contribution in [0.5, 0.6) is 0 Å². The summed E-state index contributed by atoms with van der Waals surface area (Å²) in [6.45, 7) is 0. The Hall–Kier alpha value is -0.940. The monoisotopic (exact) mass is 301 g/mol. The number of esters is 1. The lowest BCUT2D eigenvalue weighted by Gasteiger charge is -2.21. The van der Waals surface area contributed by atoms with E-state index in [1.165, 1.54) is 13.2 Å². The number of ether oxygens (including phenoxy) is 1. The van der Waals surface area contributed by atoms with Crippen molar-refractivity contribution in [2.24, 2.45) is 11.1 Å². The molecule has 1 aromatic rings. The first-order valence-corrected chi connectivity index (χ1v) is 6.09. The van der Waals surface area contributed by atoms with Crippen LogP contribution in [-0.2, 0) is 9.53 Å². The van der Waals surface area contributed by atoms with Crippen LogP contribution < -0.4 is 5.73 Å². The molecule has 2 rings (SSSR count). The van der Waals surface area contributed by atoms with Crippen molar-refractivity contribution in [2.45, 2.75) is 18.9 Å². The fourth-order valence-electron chi connectivity index (χ4n) is 2.03. The molecule has 1 aliphatic carbocycles. The number of carbonyl (C=O) groups is 1. The average Bonchev–Trinajstić information content (AvgIpc) is 3.11. The van der Waals surface area contributed by atoms with E-state index in [0.717, 1.165) is 4.47 Å². The van der Waals surface area contributed by atoms with Crippen LogP contribution in [0.25, 0.3) is 0 Å². The number of halogens is 2. The van der Waals surface area contributed by atoms with Crippen LogP contribution in [0.1, 0.15) is 24.4 Å². The molecule has 3 nitrogen and oxygen atoms in total. The van der Waals surface area contributed by atoms with Gasteiger partial charge in [0.05, 0.1) is 12.5 Å². The van der Waals surface area contributed by atoms with E-state index < -0.39 is 17.3 Å². The number of hydrogen-bond acceptors (Lipinski definition) is 3. The molecule has 1 unspecified atom stereocenters. The van der Waals surface area contributed by atoms with Crippen molar-refractivity contribution in [1.82, 2.24) is 0 Å². The molecule has 1 fully saturated rings. The minimum Gasteiger partial charge on any atom is -0.469 e. The van der Waals surface area contributed by atoms with E-state index in [0.29, 0.717) is 18.4 Å². The van der Waals surface area contributed by atoms with Gasteiger partial charge in [-0.2, -0.15) is 0 Å². The van der Waals surface area contributed by atoms with Crippen LogP contribution in [0.15, 0.2) is 22.7 Å². The van der Waals surface area contributed by atoms with Crippen molar-refractivity contribution < 1.29 is 13.9 Å². The van der Waals surface area contributed by atoms with E-state index in [1.807, 2.05) is 0 Å². The summed E-state index contributed by atoms with van der Waals surface area (Å²) < 4.78 is 19.2. The van der Waals surface area contributed by atoms with E-state index >= 15 is 0 Å². The van der Waals surface area contributed by atoms with Gasteiger partial charge in [-0.3, -0.25) is 4.79 Å². The third kappa shape index (κ3) is 2.09. The molecule has 17 heavy (non-hydrogen) atoms. The zero-order chi connectivity index (χ0) is 12.6. The number of rotatable bonds is 3. The van der Waals surface area contributed by atoms with Gasteiger partial charge in [0, 0.05) is 16.1 Å². The molecule has 1 aromatic carbocycles. The molecule has 2 N–H and O–H groups in total. The van der Waals surface area contributed by atoms with Crippen LogP contribution in [0.2, 0.25) is 0 Å². The van der Waals surface area contributed by atoms with E-state index in [4.69, 9.17) is 10.5 Å². The van der Waals surface area contributed by atoms with Gasteiger partial charge in [-0.25, -0.2) is 4.39 Å². The molecule has 5 heteroatoms. The van der Waals surface area contributed by atoms with Gasteiger partial charge in [0.2, 0.25) is 0 Å².